The molecule has 2 aromatic heterocycles. The highest BCUT2D eigenvalue weighted by Gasteiger charge is 2.33. The molecule has 9 nitrogen and oxygen atoms in total. The van der Waals surface area contributed by atoms with E-state index < -0.39 is 0 Å². The van der Waals surface area contributed by atoms with Crippen molar-refractivity contribution >= 4 is 29.1 Å². The molecule has 0 spiro atoms. The third-order valence-electron chi connectivity index (χ3n) is 5.16. The number of aryl methyl sites for hydroxylation is 1. The van der Waals surface area contributed by atoms with Gasteiger partial charge in [0.2, 0.25) is 5.95 Å². The maximum Gasteiger partial charge on any atom is 0.410 e. The van der Waals surface area contributed by atoms with Gasteiger partial charge < -0.3 is 20.3 Å². The molecule has 2 aromatic rings. The largest absolute Gasteiger partial charge is 0.448 e. The molecule has 2 aliphatic heterocycles. The molecule has 2 aliphatic rings. The zero-order valence-electron chi connectivity index (χ0n) is 14.7. The summed E-state index contributed by atoms with van der Waals surface area (Å²) in [5.41, 5.74) is 7.72. The number of amides is 2. The summed E-state index contributed by atoms with van der Waals surface area (Å²) < 4.78 is 6.81. The standard InChI is InChI=1S/C17H22N6O3/c1-2-22-14-13(20-16(22)18)9-11(10-19-14)15(24)21-5-3-12(4-6-21)23-7-8-26-17(23)25/h9-10,12H,2-8H2,1H3,(H2,18,20). The Labute approximate surface area is 150 Å². The highest BCUT2D eigenvalue weighted by molar-refractivity contribution is 5.96. The fraction of sp³-hybridized carbons (Fsp3) is 0.529. The van der Waals surface area contributed by atoms with Crippen LogP contribution in [0.4, 0.5) is 10.7 Å². The Balaban J connectivity index is 1.46. The number of nitrogens with two attached hydrogens (primary N) is 1. The number of anilines is 1. The molecule has 0 aromatic carbocycles. The van der Waals surface area contributed by atoms with Gasteiger partial charge in [-0.3, -0.25) is 9.36 Å². The molecule has 9 heteroatoms. The first kappa shape index (κ1) is 16.6. The van der Waals surface area contributed by atoms with Gasteiger partial charge in [-0.05, 0) is 25.8 Å². The molecule has 4 heterocycles. The van der Waals surface area contributed by atoms with E-state index in [-0.39, 0.29) is 18.0 Å². The van der Waals surface area contributed by atoms with Gasteiger partial charge in [-0.1, -0.05) is 0 Å². The lowest BCUT2D eigenvalue weighted by Gasteiger charge is -2.35. The minimum Gasteiger partial charge on any atom is -0.448 e. The van der Waals surface area contributed by atoms with Crippen LogP contribution in [0.15, 0.2) is 12.3 Å². The van der Waals surface area contributed by atoms with E-state index >= 15 is 0 Å². The number of piperidine rings is 1. The highest BCUT2D eigenvalue weighted by atomic mass is 16.6. The molecule has 4 rings (SSSR count). The van der Waals surface area contributed by atoms with E-state index in [1.54, 1.807) is 22.1 Å². The summed E-state index contributed by atoms with van der Waals surface area (Å²) in [5.74, 6) is 0.337. The van der Waals surface area contributed by atoms with Gasteiger partial charge in [0.15, 0.2) is 5.65 Å². The van der Waals surface area contributed by atoms with E-state index in [1.165, 1.54) is 0 Å². The fourth-order valence-electron chi connectivity index (χ4n) is 3.76. The fourth-order valence-corrected chi connectivity index (χ4v) is 3.76. The first-order valence-corrected chi connectivity index (χ1v) is 8.93. The molecule has 2 saturated heterocycles. The van der Waals surface area contributed by atoms with Crippen LogP contribution in [0, 0.1) is 0 Å². The summed E-state index contributed by atoms with van der Waals surface area (Å²) >= 11 is 0. The summed E-state index contributed by atoms with van der Waals surface area (Å²) in [7, 11) is 0. The zero-order valence-corrected chi connectivity index (χ0v) is 14.7. The maximum atomic E-state index is 12.8. The molecule has 2 fully saturated rings. The molecule has 0 atom stereocenters. The number of nitrogen functional groups attached to an aromatic ring is 1. The molecule has 0 bridgehead atoms. The third kappa shape index (κ3) is 2.73. The Morgan fingerprint density at radius 3 is 2.77 bits per heavy atom. The van der Waals surface area contributed by atoms with Crippen molar-refractivity contribution in [3.63, 3.8) is 0 Å². The van der Waals surface area contributed by atoms with Crippen molar-refractivity contribution in [1.29, 1.82) is 0 Å². The van der Waals surface area contributed by atoms with Crippen LogP contribution in [0.5, 0.6) is 0 Å². The van der Waals surface area contributed by atoms with Crippen molar-refractivity contribution in [3.8, 4) is 0 Å². The van der Waals surface area contributed by atoms with Gasteiger partial charge in [-0.25, -0.2) is 14.8 Å². The van der Waals surface area contributed by atoms with E-state index in [0.29, 0.717) is 55.5 Å². The normalized spacial score (nSPS) is 18.6. The molecule has 2 amide bonds. The first-order valence-electron chi connectivity index (χ1n) is 8.93. The van der Waals surface area contributed by atoms with Crippen LogP contribution in [0.25, 0.3) is 11.2 Å². The molecule has 138 valence electrons. The topological polar surface area (TPSA) is 107 Å². The number of nitrogens with zero attached hydrogens (tertiary/aromatic N) is 5. The predicted octanol–water partition coefficient (Wildman–Crippen LogP) is 1.09. The number of carbonyl (C=O) groups is 2. The minimum absolute atomic E-state index is 0.0635. The van der Waals surface area contributed by atoms with Crippen molar-refractivity contribution in [2.75, 3.05) is 32.0 Å². The quantitative estimate of drug-likeness (QED) is 0.880. The van der Waals surface area contributed by atoms with Gasteiger partial charge in [0, 0.05) is 31.9 Å². The second-order valence-electron chi connectivity index (χ2n) is 6.61. The first-order chi connectivity index (χ1) is 12.6. The van der Waals surface area contributed by atoms with Crippen molar-refractivity contribution in [3.05, 3.63) is 17.8 Å². The minimum atomic E-state index is -0.242. The van der Waals surface area contributed by atoms with Crippen LogP contribution in [0.3, 0.4) is 0 Å². The number of imidazole rings is 1. The summed E-state index contributed by atoms with van der Waals surface area (Å²) in [6.07, 6.45) is 2.86. The number of carbonyl (C=O) groups excluding carboxylic acids is 2. The van der Waals surface area contributed by atoms with Crippen molar-refractivity contribution < 1.29 is 14.3 Å². The Bertz CT molecular complexity index is 856. The van der Waals surface area contributed by atoms with Gasteiger partial charge in [-0.15, -0.1) is 0 Å². The average Bonchev–Trinajstić information content (AvgIpc) is 3.22. The van der Waals surface area contributed by atoms with Crippen LogP contribution >= 0.6 is 0 Å². The number of hydrogen-bond donors (Lipinski definition) is 1. The van der Waals surface area contributed by atoms with Gasteiger partial charge in [-0.2, -0.15) is 0 Å². The van der Waals surface area contributed by atoms with E-state index in [0.717, 1.165) is 12.8 Å². The molecular weight excluding hydrogens is 336 g/mol. The van der Waals surface area contributed by atoms with E-state index in [4.69, 9.17) is 10.5 Å². The van der Waals surface area contributed by atoms with Gasteiger partial charge in [0.25, 0.3) is 5.91 Å². The van der Waals surface area contributed by atoms with Crippen LogP contribution in [-0.4, -0.2) is 68.6 Å². The maximum absolute atomic E-state index is 12.8. The molecule has 2 N–H and O–H groups in total. The van der Waals surface area contributed by atoms with Crippen molar-refractivity contribution in [2.24, 2.45) is 0 Å². The Hall–Kier alpha value is -2.84. The van der Waals surface area contributed by atoms with Crippen molar-refractivity contribution in [2.45, 2.75) is 32.4 Å². The van der Waals surface area contributed by atoms with Gasteiger partial charge in [0.1, 0.15) is 12.1 Å². The lowest BCUT2D eigenvalue weighted by Crippen LogP contribution is -2.47. The Morgan fingerprint density at radius 2 is 2.12 bits per heavy atom. The smallest absolute Gasteiger partial charge is 0.410 e. The van der Waals surface area contributed by atoms with Crippen LogP contribution < -0.4 is 5.73 Å². The average molecular weight is 358 g/mol. The Morgan fingerprint density at radius 1 is 1.35 bits per heavy atom. The highest BCUT2D eigenvalue weighted by Crippen LogP contribution is 2.22. The lowest BCUT2D eigenvalue weighted by atomic mass is 10.0. The van der Waals surface area contributed by atoms with Gasteiger partial charge in [0.05, 0.1) is 12.1 Å². The van der Waals surface area contributed by atoms with Crippen molar-refractivity contribution in [1.82, 2.24) is 24.3 Å². The number of fused-ring (bicyclic) bond motifs is 1. The molecular formula is C17H22N6O3. The van der Waals surface area contributed by atoms with Crippen LogP contribution in [0.2, 0.25) is 0 Å². The number of rotatable bonds is 3. The second kappa shape index (κ2) is 6.47. The number of pyridine rings is 1. The number of ether oxygens (including phenoxy) is 1. The summed E-state index contributed by atoms with van der Waals surface area (Å²) in [6.45, 7) is 4.96. The molecule has 0 aliphatic carbocycles. The SMILES string of the molecule is CCn1c(N)nc2cc(C(=O)N3CCC(N4CCOC4=O)CC3)cnc21. The third-order valence-corrected chi connectivity index (χ3v) is 5.16. The number of aromatic nitrogens is 3. The molecule has 0 saturated carbocycles. The second-order valence-corrected chi connectivity index (χ2v) is 6.61. The zero-order chi connectivity index (χ0) is 18.3. The predicted molar refractivity (Wildman–Crippen MR) is 94.6 cm³/mol. The van der Waals surface area contributed by atoms with E-state index in [1.807, 2.05) is 11.5 Å². The van der Waals surface area contributed by atoms with E-state index in [9.17, 15) is 9.59 Å². The monoisotopic (exact) mass is 358 g/mol. The Kier molecular flexibility index (Phi) is 4.14. The number of likely N-dealkylation sites (tertiary alicyclic amines) is 1. The molecule has 0 radical (unpaired) electrons. The lowest BCUT2D eigenvalue weighted by molar-refractivity contribution is 0.0658. The summed E-state index contributed by atoms with van der Waals surface area (Å²) in [4.78, 5) is 36.8. The molecule has 26 heavy (non-hydrogen) atoms. The molecule has 0 unspecified atom stereocenters. The summed E-state index contributed by atoms with van der Waals surface area (Å²) in [5, 5.41) is 0. The van der Waals surface area contributed by atoms with E-state index in [2.05, 4.69) is 9.97 Å². The van der Waals surface area contributed by atoms with Crippen LogP contribution in [-0.2, 0) is 11.3 Å². The number of hydrogen-bond acceptors (Lipinski definition) is 6. The summed E-state index contributed by atoms with van der Waals surface area (Å²) in [6, 6.07) is 1.90. The number of cyclic esters (lactones) is 1. The van der Waals surface area contributed by atoms with Crippen LogP contribution in [0.1, 0.15) is 30.1 Å². The van der Waals surface area contributed by atoms with Gasteiger partial charge >= 0.3 is 6.09 Å².